The number of rotatable bonds is 6. The van der Waals surface area contributed by atoms with Crippen molar-refractivity contribution in [3.05, 3.63) is 62.3 Å². The third-order valence-corrected chi connectivity index (χ3v) is 4.28. The topological polar surface area (TPSA) is 34.1 Å². The normalized spacial score (nSPS) is 10.8. The predicted octanol–water partition coefficient (Wildman–Crippen LogP) is 4.04. The molecule has 0 saturated carbocycles. The second-order valence-corrected chi connectivity index (χ2v) is 6.14. The molecule has 20 heavy (non-hydrogen) atoms. The lowest BCUT2D eigenvalue weighted by molar-refractivity contribution is 0.185. The lowest BCUT2D eigenvalue weighted by atomic mass is 10.1. The van der Waals surface area contributed by atoms with E-state index >= 15 is 0 Å². The molecule has 5 heteroatoms. The number of nitrogens with zero attached hydrogens (tertiary/aromatic N) is 1. The summed E-state index contributed by atoms with van der Waals surface area (Å²) in [5, 5.41) is 3.43. The first kappa shape index (κ1) is 15.6. The molecule has 0 fully saturated rings. The van der Waals surface area contributed by atoms with E-state index in [9.17, 15) is 0 Å². The van der Waals surface area contributed by atoms with Crippen LogP contribution in [0.2, 0.25) is 0 Å². The molecule has 0 aliphatic rings. The fourth-order valence-corrected chi connectivity index (χ4v) is 3.07. The van der Waals surface area contributed by atoms with Crippen LogP contribution in [-0.2, 0) is 24.4 Å². The average Bonchev–Trinajstić information content (AvgIpc) is 2.44. The number of nitrogens with one attached hydrogen (secondary N) is 1. The Bertz CT molecular complexity index is 538. The van der Waals surface area contributed by atoms with E-state index in [1.807, 2.05) is 0 Å². The number of benzene rings is 1. The van der Waals surface area contributed by atoms with E-state index in [1.165, 1.54) is 16.7 Å². The van der Waals surface area contributed by atoms with Gasteiger partial charge in [0.15, 0.2) is 0 Å². The van der Waals surface area contributed by atoms with Crippen molar-refractivity contribution in [1.82, 2.24) is 10.3 Å². The van der Waals surface area contributed by atoms with Crippen LogP contribution in [0.25, 0.3) is 0 Å². The second-order valence-electron chi connectivity index (χ2n) is 4.43. The van der Waals surface area contributed by atoms with E-state index in [-0.39, 0.29) is 0 Å². The minimum atomic E-state index is 0.657. The maximum Gasteiger partial charge on any atom is 0.0713 e. The highest BCUT2D eigenvalue weighted by Gasteiger charge is 2.04. The summed E-state index contributed by atoms with van der Waals surface area (Å²) in [4.78, 5) is 4.10. The molecule has 1 N–H and O–H groups in total. The number of hydrogen-bond acceptors (Lipinski definition) is 3. The lowest BCUT2D eigenvalue weighted by Crippen LogP contribution is -2.13. The first-order valence-corrected chi connectivity index (χ1v) is 7.84. The lowest BCUT2D eigenvalue weighted by Gasteiger charge is -2.09. The molecule has 0 saturated heterocycles. The quantitative estimate of drug-likeness (QED) is 0.795. The van der Waals surface area contributed by atoms with Crippen LogP contribution in [0.5, 0.6) is 0 Å². The van der Waals surface area contributed by atoms with Crippen LogP contribution in [0.3, 0.4) is 0 Å². The maximum atomic E-state index is 5.10. The monoisotopic (exact) mass is 398 g/mol. The van der Waals surface area contributed by atoms with Crippen molar-refractivity contribution in [2.75, 3.05) is 7.11 Å². The summed E-state index contributed by atoms with van der Waals surface area (Å²) in [5.74, 6) is 0. The standard InChI is InChI=1S/C15H16Br2N2O/c1-20-10-12-4-2-11(3-5-12)6-18-7-13-14(16)8-19-9-15(13)17/h2-5,8-9,18H,6-7,10H2,1H3. The van der Waals surface area contributed by atoms with E-state index in [0.29, 0.717) is 6.61 Å². The summed E-state index contributed by atoms with van der Waals surface area (Å²) in [7, 11) is 1.71. The smallest absolute Gasteiger partial charge is 0.0713 e. The van der Waals surface area contributed by atoms with Crippen molar-refractivity contribution >= 4 is 31.9 Å². The summed E-state index contributed by atoms with van der Waals surface area (Å²) in [5.41, 5.74) is 3.62. The van der Waals surface area contributed by atoms with Gasteiger partial charge >= 0.3 is 0 Å². The van der Waals surface area contributed by atoms with Crippen LogP contribution >= 0.6 is 31.9 Å². The summed E-state index contributed by atoms with van der Waals surface area (Å²) >= 11 is 7.03. The Morgan fingerprint density at radius 2 is 1.60 bits per heavy atom. The molecule has 3 nitrogen and oxygen atoms in total. The number of aromatic nitrogens is 1. The van der Waals surface area contributed by atoms with Crippen molar-refractivity contribution in [1.29, 1.82) is 0 Å². The zero-order valence-corrected chi connectivity index (χ0v) is 14.4. The Hall–Kier alpha value is -0.750. The third kappa shape index (κ3) is 4.38. The minimum Gasteiger partial charge on any atom is -0.380 e. The van der Waals surface area contributed by atoms with Gasteiger partial charge in [0, 0.05) is 41.5 Å². The Morgan fingerprint density at radius 1 is 1.00 bits per heavy atom. The maximum absolute atomic E-state index is 5.10. The fraction of sp³-hybridized carbons (Fsp3) is 0.267. The van der Waals surface area contributed by atoms with Gasteiger partial charge in [-0.25, -0.2) is 0 Å². The Kier molecular flexibility index (Phi) is 6.16. The van der Waals surface area contributed by atoms with Crippen LogP contribution in [0.4, 0.5) is 0 Å². The van der Waals surface area contributed by atoms with Gasteiger partial charge in [0.1, 0.15) is 0 Å². The zero-order valence-electron chi connectivity index (χ0n) is 11.2. The fourth-order valence-electron chi connectivity index (χ4n) is 1.86. The van der Waals surface area contributed by atoms with Crippen molar-refractivity contribution in [3.63, 3.8) is 0 Å². The Morgan fingerprint density at radius 3 is 2.20 bits per heavy atom. The van der Waals surface area contributed by atoms with Gasteiger partial charge in [0.2, 0.25) is 0 Å². The molecule has 0 amide bonds. The molecule has 1 heterocycles. The van der Waals surface area contributed by atoms with Crippen LogP contribution in [0.1, 0.15) is 16.7 Å². The van der Waals surface area contributed by atoms with Crippen molar-refractivity contribution in [2.24, 2.45) is 0 Å². The molecule has 0 aliphatic carbocycles. The SMILES string of the molecule is COCc1ccc(CNCc2c(Br)cncc2Br)cc1. The first-order chi connectivity index (χ1) is 9.70. The summed E-state index contributed by atoms with van der Waals surface area (Å²) in [6, 6.07) is 8.44. The van der Waals surface area contributed by atoms with Crippen LogP contribution in [0.15, 0.2) is 45.6 Å². The highest BCUT2D eigenvalue weighted by Crippen LogP contribution is 2.23. The molecule has 1 aromatic heterocycles. The number of pyridine rings is 1. The second kappa shape index (κ2) is 7.88. The van der Waals surface area contributed by atoms with Gasteiger partial charge in [-0.2, -0.15) is 0 Å². The third-order valence-electron chi connectivity index (χ3n) is 2.92. The molecule has 1 aromatic carbocycles. The van der Waals surface area contributed by atoms with Crippen molar-refractivity contribution < 1.29 is 4.74 Å². The van der Waals surface area contributed by atoms with E-state index in [0.717, 1.165) is 22.0 Å². The largest absolute Gasteiger partial charge is 0.380 e. The number of ether oxygens (including phenoxy) is 1. The molecule has 0 aliphatic heterocycles. The Labute approximate surface area is 136 Å². The van der Waals surface area contributed by atoms with E-state index in [2.05, 4.69) is 66.4 Å². The highest BCUT2D eigenvalue weighted by atomic mass is 79.9. The molecule has 0 radical (unpaired) electrons. The molecule has 2 aromatic rings. The summed E-state index contributed by atoms with van der Waals surface area (Å²) < 4.78 is 7.12. The molecule has 0 atom stereocenters. The summed E-state index contributed by atoms with van der Waals surface area (Å²) in [6.45, 7) is 2.27. The molecule has 0 unspecified atom stereocenters. The molecule has 2 rings (SSSR count). The van der Waals surface area contributed by atoms with E-state index in [1.54, 1.807) is 19.5 Å². The van der Waals surface area contributed by atoms with Gasteiger partial charge in [-0.1, -0.05) is 24.3 Å². The number of halogens is 2. The predicted molar refractivity (Wildman–Crippen MR) is 87.3 cm³/mol. The molecular formula is C15H16Br2N2O. The highest BCUT2D eigenvalue weighted by molar-refractivity contribution is 9.11. The van der Waals surface area contributed by atoms with Gasteiger partial charge in [-0.15, -0.1) is 0 Å². The van der Waals surface area contributed by atoms with E-state index < -0.39 is 0 Å². The van der Waals surface area contributed by atoms with Gasteiger partial charge in [-0.05, 0) is 48.6 Å². The van der Waals surface area contributed by atoms with Gasteiger partial charge in [0.05, 0.1) is 6.61 Å². The number of hydrogen-bond donors (Lipinski definition) is 1. The molecule has 0 bridgehead atoms. The average molecular weight is 400 g/mol. The first-order valence-electron chi connectivity index (χ1n) is 6.26. The van der Waals surface area contributed by atoms with Crippen LogP contribution in [0, 0.1) is 0 Å². The minimum absolute atomic E-state index is 0.657. The summed E-state index contributed by atoms with van der Waals surface area (Å²) in [6.07, 6.45) is 3.61. The van der Waals surface area contributed by atoms with Crippen molar-refractivity contribution in [3.8, 4) is 0 Å². The zero-order chi connectivity index (χ0) is 14.4. The molecule has 106 valence electrons. The molecule has 0 spiro atoms. The van der Waals surface area contributed by atoms with Crippen LogP contribution in [-0.4, -0.2) is 12.1 Å². The van der Waals surface area contributed by atoms with Gasteiger partial charge in [0.25, 0.3) is 0 Å². The van der Waals surface area contributed by atoms with Gasteiger partial charge in [-0.3, -0.25) is 4.98 Å². The van der Waals surface area contributed by atoms with Crippen molar-refractivity contribution in [2.45, 2.75) is 19.7 Å². The Balaban J connectivity index is 1.89. The molecular weight excluding hydrogens is 384 g/mol. The number of methoxy groups -OCH3 is 1. The van der Waals surface area contributed by atoms with Crippen LogP contribution < -0.4 is 5.32 Å². The van der Waals surface area contributed by atoms with E-state index in [4.69, 9.17) is 4.74 Å². The van der Waals surface area contributed by atoms with Gasteiger partial charge < -0.3 is 10.1 Å².